The Kier molecular flexibility index (Phi) is 5.75. The molecule has 4 aromatic rings. The molecule has 0 spiro atoms. The van der Waals surface area contributed by atoms with Crippen LogP contribution in [0.25, 0.3) is 21.3 Å². The largest absolute Gasteiger partial charge is 0.309 e. The maximum Gasteiger partial charge on any atom is 0.260 e. The van der Waals surface area contributed by atoms with Gasteiger partial charge < -0.3 is 4.98 Å². The number of thiophene rings is 2. The average Bonchev–Trinajstić information content (AvgIpc) is 3.37. The number of benzene rings is 1. The van der Waals surface area contributed by atoms with Crippen molar-refractivity contribution in [2.75, 3.05) is 26.2 Å². The SMILES string of the molecule is Cc1ccc(-c2c(C)sc3nc(CN4CCN(Cc5ccsc5)CC4)[nH]c(=O)c23)cc1. The highest BCUT2D eigenvalue weighted by Gasteiger charge is 2.20. The highest BCUT2D eigenvalue weighted by atomic mass is 32.1. The normalized spacial score (nSPS) is 15.7. The molecule has 3 aromatic heterocycles. The van der Waals surface area contributed by atoms with Gasteiger partial charge in [-0.25, -0.2) is 4.98 Å². The Bertz CT molecular complexity index is 1230. The Balaban J connectivity index is 1.33. The molecule has 0 atom stereocenters. The van der Waals surface area contributed by atoms with Gasteiger partial charge in [-0.05, 0) is 41.8 Å². The predicted octanol–water partition coefficient (Wildman–Crippen LogP) is 4.65. The predicted molar refractivity (Wildman–Crippen MR) is 130 cm³/mol. The third kappa shape index (κ3) is 4.36. The number of nitrogens with one attached hydrogen (secondary N) is 1. The first-order valence-electron chi connectivity index (χ1n) is 10.6. The average molecular weight is 451 g/mol. The highest BCUT2D eigenvalue weighted by molar-refractivity contribution is 7.19. The molecule has 7 heteroatoms. The second-order valence-corrected chi connectivity index (χ2v) is 10.3. The molecule has 0 unspecified atom stereocenters. The molecule has 5 rings (SSSR count). The smallest absolute Gasteiger partial charge is 0.260 e. The van der Waals surface area contributed by atoms with E-state index in [9.17, 15) is 4.79 Å². The zero-order valence-electron chi connectivity index (χ0n) is 17.9. The quantitative estimate of drug-likeness (QED) is 0.481. The fourth-order valence-electron chi connectivity index (χ4n) is 4.26. The van der Waals surface area contributed by atoms with E-state index < -0.39 is 0 Å². The van der Waals surface area contributed by atoms with E-state index in [2.05, 4.69) is 69.7 Å². The first-order valence-corrected chi connectivity index (χ1v) is 12.4. The van der Waals surface area contributed by atoms with Crippen molar-refractivity contribution < 1.29 is 0 Å². The molecular weight excluding hydrogens is 424 g/mol. The summed E-state index contributed by atoms with van der Waals surface area (Å²) in [7, 11) is 0. The Morgan fingerprint density at radius 3 is 2.39 bits per heavy atom. The molecule has 0 bridgehead atoms. The topological polar surface area (TPSA) is 52.2 Å². The van der Waals surface area contributed by atoms with Crippen LogP contribution in [-0.2, 0) is 13.1 Å². The van der Waals surface area contributed by atoms with Crippen molar-refractivity contribution >= 4 is 32.9 Å². The molecule has 160 valence electrons. The lowest BCUT2D eigenvalue weighted by atomic mass is 10.0. The number of fused-ring (bicyclic) bond motifs is 1. The fraction of sp³-hybridized carbons (Fsp3) is 0.333. The lowest BCUT2D eigenvalue weighted by Crippen LogP contribution is -2.45. The summed E-state index contributed by atoms with van der Waals surface area (Å²) >= 11 is 3.37. The minimum Gasteiger partial charge on any atom is -0.309 e. The van der Waals surface area contributed by atoms with Crippen LogP contribution in [0.4, 0.5) is 0 Å². The molecule has 31 heavy (non-hydrogen) atoms. The van der Waals surface area contributed by atoms with E-state index in [1.54, 1.807) is 22.7 Å². The van der Waals surface area contributed by atoms with E-state index in [0.717, 1.165) is 64.8 Å². The summed E-state index contributed by atoms with van der Waals surface area (Å²) in [6, 6.07) is 10.6. The molecule has 0 aliphatic carbocycles. The number of nitrogens with zero attached hydrogens (tertiary/aromatic N) is 3. The van der Waals surface area contributed by atoms with Crippen molar-refractivity contribution in [3.63, 3.8) is 0 Å². The van der Waals surface area contributed by atoms with Gasteiger partial charge in [0.15, 0.2) is 0 Å². The highest BCUT2D eigenvalue weighted by Crippen LogP contribution is 2.35. The van der Waals surface area contributed by atoms with Crippen molar-refractivity contribution in [2.24, 2.45) is 0 Å². The van der Waals surface area contributed by atoms with Crippen LogP contribution in [0.3, 0.4) is 0 Å². The number of hydrogen-bond acceptors (Lipinski definition) is 6. The van der Waals surface area contributed by atoms with Crippen molar-refractivity contribution in [3.05, 3.63) is 73.3 Å². The number of piperazine rings is 1. The summed E-state index contributed by atoms with van der Waals surface area (Å²) in [5, 5.41) is 5.08. The maximum atomic E-state index is 13.0. The number of aromatic amines is 1. The molecule has 1 saturated heterocycles. The Morgan fingerprint density at radius 1 is 1.00 bits per heavy atom. The summed E-state index contributed by atoms with van der Waals surface area (Å²) in [4.78, 5) is 27.8. The van der Waals surface area contributed by atoms with Crippen LogP contribution in [0, 0.1) is 13.8 Å². The van der Waals surface area contributed by atoms with Gasteiger partial charge in [-0.2, -0.15) is 11.3 Å². The van der Waals surface area contributed by atoms with Crippen molar-refractivity contribution in [2.45, 2.75) is 26.9 Å². The van der Waals surface area contributed by atoms with Crippen molar-refractivity contribution in [1.29, 1.82) is 0 Å². The summed E-state index contributed by atoms with van der Waals surface area (Å²) in [6.07, 6.45) is 0. The zero-order valence-corrected chi connectivity index (χ0v) is 19.5. The monoisotopic (exact) mass is 450 g/mol. The minimum absolute atomic E-state index is 0.0315. The standard InChI is InChI=1S/C24H26N4OS2/c1-16-3-5-19(6-4-16)21-17(2)31-24-22(21)23(29)25-20(26-24)14-28-10-8-27(9-11-28)13-18-7-12-30-15-18/h3-7,12,15H,8-11,13-14H2,1-2H3,(H,25,26,29). The van der Waals surface area contributed by atoms with Crippen LogP contribution in [-0.4, -0.2) is 45.9 Å². The first-order chi connectivity index (χ1) is 15.1. The maximum absolute atomic E-state index is 13.0. The third-order valence-corrected chi connectivity index (χ3v) is 7.68. The third-order valence-electron chi connectivity index (χ3n) is 5.95. The van der Waals surface area contributed by atoms with Gasteiger partial charge in [-0.1, -0.05) is 29.8 Å². The molecule has 4 heterocycles. The van der Waals surface area contributed by atoms with Gasteiger partial charge in [-0.3, -0.25) is 14.6 Å². The molecule has 1 aromatic carbocycles. The van der Waals surface area contributed by atoms with Gasteiger partial charge in [0.1, 0.15) is 10.7 Å². The number of hydrogen-bond donors (Lipinski definition) is 1. The van der Waals surface area contributed by atoms with E-state index >= 15 is 0 Å². The van der Waals surface area contributed by atoms with Crippen LogP contribution < -0.4 is 5.56 Å². The molecule has 0 radical (unpaired) electrons. The van der Waals surface area contributed by atoms with Crippen molar-refractivity contribution in [1.82, 2.24) is 19.8 Å². The molecule has 1 N–H and O–H groups in total. The first kappa shape index (κ1) is 20.6. The summed E-state index contributed by atoms with van der Waals surface area (Å²) in [6.45, 7) is 9.92. The molecule has 0 amide bonds. The van der Waals surface area contributed by atoms with Crippen LogP contribution in [0.2, 0.25) is 0 Å². The van der Waals surface area contributed by atoms with Crippen LogP contribution >= 0.6 is 22.7 Å². The van der Waals surface area contributed by atoms with E-state index in [1.807, 2.05) is 0 Å². The van der Waals surface area contributed by atoms with Crippen molar-refractivity contribution in [3.8, 4) is 11.1 Å². The number of aromatic nitrogens is 2. The number of H-pyrrole nitrogens is 1. The number of rotatable bonds is 5. The minimum atomic E-state index is -0.0315. The Hall–Kier alpha value is -2.32. The van der Waals surface area contributed by atoms with Gasteiger partial charge in [0.25, 0.3) is 5.56 Å². The second kappa shape index (κ2) is 8.67. The van der Waals surface area contributed by atoms with Gasteiger partial charge >= 0.3 is 0 Å². The van der Waals surface area contributed by atoms with Gasteiger partial charge in [0.05, 0.1) is 11.9 Å². The van der Waals surface area contributed by atoms with Crippen LogP contribution in [0.5, 0.6) is 0 Å². The molecule has 5 nitrogen and oxygen atoms in total. The van der Waals surface area contributed by atoms with E-state index in [-0.39, 0.29) is 5.56 Å². The Labute approximate surface area is 190 Å². The summed E-state index contributed by atoms with van der Waals surface area (Å²) in [5.74, 6) is 0.764. The lowest BCUT2D eigenvalue weighted by Gasteiger charge is -2.34. The van der Waals surface area contributed by atoms with E-state index in [1.165, 1.54) is 11.1 Å². The fourth-order valence-corrected chi connectivity index (χ4v) is 5.99. The van der Waals surface area contributed by atoms with Crippen LogP contribution in [0.15, 0.2) is 45.9 Å². The van der Waals surface area contributed by atoms with Crippen LogP contribution in [0.1, 0.15) is 21.8 Å². The molecular formula is C24H26N4OS2. The van der Waals surface area contributed by atoms with E-state index in [4.69, 9.17) is 4.98 Å². The van der Waals surface area contributed by atoms with Gasteiger partial charge in [-0.15, -0.1) is 11.3 Å². The summed E-state index contributed by atoms with van der Waals surface area (Å²) < 4.78 is 0. The molecule has 1 aliphatic rings. The lowest BCUT2D eigenvalue weighted by molar-refractivity contribution is 0.120. The molecule has 1 fully saturated rings. The number of aryl methyl sites for hydroxylation is 2. The summed E-state index contributed by atoms with van der Waals surface area (Å²) in [5.41, 5.74) is 4.67. The second-order valence-electron chi connectivity index (χ2n) is 8.28. The Morgan fingerprint density at radius 2 is 1.71 bits per heavy atom. The molecule has 1 aliphatic heterocycles. The van der Waals surface area contributed by atoms with Gasteiger partial charge in [0, 0.05) is 43.2 Å². The zero-order chi connectivity index (χ0) is 21.4. The molecule has 0 saturated carbocycles. The van der Waals surface area contributed by atoms with Gasteiger partial charge in [0.2, 0.25) is 0 Å². The van der Waals surface area contributed by atoms with E-state index in [0.29, 0.717) is 6.54 Å².